The summed E-state index contributed by atoms with van der Waals surface area (Å²) in [6.07, 6.45) is 4.41. The Bertz CT molecular complexity index is 1320. The fourth-order valence-electron chi connectivity index (χ4n) is 4.95. The molecule has 0 fully saturated rings. The normalized spacial score (nSPS) is 20.0. The summed E-state index contributed by atoms with van der Waals surface area (Å²) in [7, 11) is 0. The van der Waals surface area contributed by atoms with Crippen LogP contribution in [0.1, 0.15) is 42.7 Å². The molecule has 5 rings (SSSR count). The van der Waals surface area contributed by atoms with Gasteiger partial charge in [-0.1, -0.05) is 42.5 Å². The molecule has 2 heterocycles. The molecule has 0 saturated carbocycles. The lowest BCUT2D eigenvalue weighted by molar-refractivity contribution is -0.116. The first-order valence-electron chi connectivity index (χ1n) is 11.3. The lowest BCUT2D eigenvalue weighted by atomic mass is 9.72. The Labute approximate surface area is 197 Å². The third-order valence-corrected chi connectivity index (χ3v) is 6.44. The number of nitrogens with one attached hydrogen (secondary N) is 2. The summed E-state index contributed by atoms with van der Waals surface area (Å²) in [5, 5.41) is 6.16. The number of pyridine rings is 1. The minimum Gasteiger partial charge on any atom is -0.362 e. The largest absolute Gasteiger partial charge is 0.362 e. The number of Topliss-reactive ketones (excluding diaryl/α,β-unsaturated/α-hetero) is 1. The van der Waals surface area contributed by atoms with E-state index in [0.29, 0.717) is 35.4 Å². The summed E-state index contributed by atoms with van der Waals surface area (Å²) in [6, 6.07) is 19.5. The molecule has 1 aliphatic heterocycles. The second-order valence-electron chi connectivity index (χ2n) is 8.68. The van der Waals surface area contributed by atoms with Crippen molar-refractivity contribution in [2.45, 2.75) is 31.6 Å². The summed E-state index contributed by atoms with van der Waals surface area (Å²) in [4.78, 5) is 31.2. The third-order valence-electron chi connectivity index (χ3n) is 6.44. The minimum absolute atomic E-state index is 0.0139. The highest BCUT2D eigenvalue weighted by molar-refractivity contribution is 6.10. The summed E-state index contributed by atoms with van der Waals surface area (Å²) in [5.74, 6) is -1.28. The number of anilines is 1. The van der Waals surface area contributed by atoms with E-state index in [2.05, 4.69) is 15.6 Å². The number of carbonyl (C=O) groups is 2. The van der Waals surface area contributed by atoms with Crippen LogP contribution < -0.4 is 10.6 Å². The standard InChI is InChI=1S/C28H24FN3O2/c1-17-25(28(34)32-22-11-5-10-21(29)15-22)26(19-9-6-12-30-16-19)27-23(31-17)13-20(14-24(27)33)18-7-3-2-4-8-18/h2-12,15-16,20,26,31H,13-14H2,1H3,(H,32,34)/t20-,26-/m1/s1. The molecular formula is C28H24FN3O2. The first-order chi connectivity index (χ1) is 16.5. The lowest BCUT2D eigenvalue weighted by Gasteiger charge is -2.37. The van der Waals surface area contributed by atoms with Gasteiger partial charge in [-0.3, -0.25) is 14.6 Å². The molecule has 2 atom stereocenters. The fraction of sp³-hybridized carbons (Fsp3) is 0.179. The van der Waals surface area contributed by atoms with Gasteiger partial charge in [-0.2, -0.15) is 0 Å². The van der Waals surface area contributed by atoms with Gasteiger partial charge in [0, 0.05) is 53.0 Å². The number of amides is 1. The van der Waals surface area contributed by atoms with Crippen molar-refractivity contribution in [3.63, 3.8) is 0 Å². The number of hydrogen-bond donors (Lipinski definition) is 2. The molecule has 1 aromatic heterocycles. The number of dihydropyridines is 1. The average Bonchev–Trinajstić information content (AvgIpc) is 2.84. The zero-order valence-electron chi connectivity index (χ0n) is 18.7. The third kappa shape index (κ3) is 4.15. The highest BCUT2D eigenvalue weighted by Gasteiger charge is 2.41. The average molecular weight is 454 g/mol. The zero-order valence-corrected chi connectivity index (χ0v) is 18.7. The molecule has 5 nitrogen and oxygen atoms in total. The molecule has 0 radical (unpaired) electrons. The maximum absolute atomic E-state index is 13.7. The Morgan fingerprint density at radius 2 is 1.82 bits per heavy atom. The fourth-order valence-corrected chi connectivity index (χ4v) is 4.95. The quantitative estimate of drug-likeness (QED) is 0.568. The molecular weight excluding hydrogens is 429 g/mol. The molecule has 0 unspecified atom stereocenters. The molecule has 6 heteroatoms. The summed E-state index contributed by atoms with van der Waals surface area (Å²) in [5.41, 5.74) is 4.80. The van der Waals surface area contributed by atoms with Gasteiger partial charge in [0.15, 0.2) is 5.78 Å². The molecule has 2 aromatic carbocycles. The van der Waals surface area contributed by atoms with Gasteiger partial charge in [0.1, 0.15) is 5.82 Å². The molecule has 3 aromatic rings. The van der Waals surface area contributed by atoms with Gasteiger partial charge in [0.05, 0.1) is 0 Å². The second kappa shape index (κ2) is 9.06. The number of benzene rings is 2. The molecule has 34 heavy (non-hydrogen) atoms. The number of nitrogens with zero attached hydrogens (tertiary/aromatic N) is 1. The van der Waals surface area contributed by atoms with Gasteiger partial charge in [-0.25, -0.2) is 4.39 Å². The Kier molecular flexibility index (Phi) is 5.80. The van der Waals surface area contributed by atoms with Crippen LogP contribution in [0.15, 0.2) is 102 Å². The zero-order chi connectivity index (χ0) is 23.7. The second-order valence-corrected chi connectivity index (χ2v) is 8.68. The number of ketones is 1. The SMILES string of the molecule is CC1=C(C(=O)Nc2cccc(F)c2)[C@@H](c2cccnc2)C2=C(C[C@@H](c3ccccc3)CC2=O)N1. The van der Waals surface area contributed by atoms with E-state index in [1.165, 1.54) is 12.1 Å². The number of halogens is 1. The molecule has 170 valence electrons. The maximum atomic E-state index is 13.7. The number of allylic oxidation sites excluding steroid dienone is 3. The molecule has 0 spiro atoms. The van der Waals surface area contributed by atoms with Crippen LogP contribution in [0.5, 0.6) is 0 Å². The summed E-state index contributed by atoms with van der Waals surface area (Å²) in [6.45, 7) is 1.84. The van der Waals surface area contributed by atoms with Crippen molar-refractivity contribution in [1.82, 2.24) is 10.3 Å². The van der Waals surface area contributed by atoms with E-state index >= 15 is 0 Å². The highest BCUT2D eigenvalue weighted by atomic mass is 19.1. The maximum Gasteiger partial charge on any atom is 0.254 e. The number of aromatic nitrogens is 1. The predicted molar refractivity (Wildman–Crippen MR) is 128 cm³/mol. The lowest BCUT2D eigenvalue weighted by Crippen LogP contribution is -2.37. The highest BCUT2D eigenvalue weighted by Crippen LogP contribution is 2.45. The molecule has 1 aliphatic carbocycles. The first kappa shape index (κ1) is 21.8. The van der Waals surface area contributed by atoms with E-state index in [0.717, 1.165) is 16.8 Å². The number of carbonyl (C=O) groups excluding carboxylic acids is 2. The van der Waals surface area contributed by atoms with Crippen LogP contribution >= 0.6 is 0 Å². The van der Waals surface area contributed by atoms with Crippen molar-refractivity contribution in [2.24, 2.45) is 0 Å². The molecule has 2 aliphatic rings. The first-order valence-corrected chi connectivity index (χ1v) is 11.3. The molecule has 2 N–H and O–H groups in total. The van der Waals surface area contributed by atoms with Crippen molar-refractivity contribution in [3.8, 4) is 0 Å². The van der Waals surface area contributed by atoms with Crippen LogP contribution in [0, 0.1) is 5.82 Å². The van der Waals surface area contributed by atoms with Crippen LogP contribution in [0.25, 0.3) is 0 Å². The predicted octanol–water partition coefficient (Wildman–Crippen LogP) is 5.22. The van der Waals surface area contributed by atoms with E-state index in [1.54, 1.807) is 30.6 Å². The molecule has 0 bridgehead atoms. The van der Waals surface area contributed by atoms with Gasteiger partial charge in [0.2, 0.25) is 0 Å². The van der Waals surface area contributed by atoms with E-state index < -0.39 is 11.7 Å². The monoisotopic (exact) mass is 453 g/mol. The van der Waals surface area contributed by atoms with Gasteiger partial charge in [-0.15, -0.1) is 0 Å². The van der Waals surface area contributed by atoms with Gasteiger partial charge in [-0.05, 0) is 54.7 Å². The van der Waals surface area contributed by atoms with Crippen molar-refractivity contribution < 1.29 is 14.0 Å². The van der Waals surface area contributed by atoms with Crippen molar-refractivity contribution in [1.29, 1.82) is 0 Å². The Morgan fingerprint density at radius 3 is 2.56 bits per heavy atom. The topological polar surface area (TPSA) is 71.1 Å². The van der Waals surface area contributed by atoms with Crippen LogP contribution in [-0.2, 0) is 9.59 Å². The summed E-state index contributed by atoms with van der Waals surface area (Å²) < 4.78 is 13.7. The van der Waals surface area contributed by atoms with Crippen molar-refractivity contribution >= 4 is 17.4 Å². The van der Waals surface area contributed by atoms with Crippen LogP contribution in [-0.4, -0.2) is 16.7 Å². The molecule has 1 amide bonds. The van der Waals surface area contributed by atoms with Crippen LogP contribution in [0.4, 0.5) is 10.1 Å². The van der Waals surface area contributed by atoms with Crippen LogP contribution in [0.2, 0.25) is 0 Å². The van der Waals surface area contributed by atoms with Gasteiger partial charge < -0.3 is 10.6 Å². The molecule has 0 saturated heterocycles. The Balaban J connectivity index is 1.55. The van der Waals surface area contributed by atoms with Crippen molar-refractivity contribution in [3.05, 3.63) is 119 Å². The van der Waals surface area contributed by atoms with E-state index in [-0.39, 0.29) is 17.6 Å². The van der Waals surface area contributed by atoms with Gasteiger partial charge >= 0.3 is 0 Å². The Morgan fingerprint density at radius 1 is 1.03 bits per heavy atom. The van der Waals surface area contributed by atoms with Crippen LogP contribution in [0.3, 0.4) is 0 Å². The number of hydrogen-bond acceptors (Lipinski definition) is 4. The van der Waals surface area contributed by atoms with Gasteiger partial charge in [0.25, 0.3) is 5.91 Å². The smallest absolute Gasteiger partial charge is 0.254 e. The number of rotatable bonds is 4. The summed E-state index contributed by atoms with van der Waals surface area (Å²) >= 11 is 0. The van der Waals surface area contributed by atoms with E-state index in [1.807, 2.05) is 43.3 Å². The Hall–Kier alpha value is -4.06. The van der Waals surface area contributed by atoms with Crippen molar-refractivity contribution in [2.75, 3.05) is 5.32 Å². The van der Waals surface area contributed by atoms with E-state index in [4.69, 9.17) is 0 Å². The minimum atomic E-state index is -0.553. The van der Waals surface area contributed by atoms with E-state index in [9.17, 15) is 14.0 Å².